The van der Waals surface area contributed by atoms with Gasteiger partial charge in [0.25, 0.3) is 5.56 Å². The molecule has 0 aliphatic heterocycles. The fourth-order valence-corrected chi connectivity index (χ4v) is 3.30. The zero-order valence-corrected chi connectivity index (χ0v) is 16.7. The first-order valence-corrected chi connectivity index (χ1v) is 9.06. The summed E-state index contributed by atoms with van der Waals surface area (Å²) in [6.45, 7) is 1.91. The van der Waals surface area contributed by atoms with Crippen molar-refractivity contribution >= 4 is 40.2 Å². The van der Waals surface area contributed by atoms with Crippen LogP contribution in [0.3, 0.4) is 0 Å². The molecule has 0 atom stereocenters. The summed E-state index contributed by atoms with van der Waals surface area (Å²) >= 11 is 6.57. The van der Waals surface area contributed by atoms with Crippen molar-refractivity contribution < 1.29 is 4.74 Å². The van der Waals surface area contributed by atoms with Crippen LogP contribution < -0.4 is 21.3 Å². The van der Waals surface area contributed by atoms with Crippen molar-refractivity contribution in [1.82, 2.24) is 24.1 Å². The first-order chi connectivity index (χ1) is 13.8. The molecule has 4 rings (SSSR count). The van der Waals surface area contributed by atoms with E-state index in [4.69, 9.17) is 22.1 Å². The Morgan fingerprint density at radius 2 is 2.03 bits per heavy atom. The molecule has 29 heavy (non-hydrogen) atoms. The highest BCUT2D eigenvalue weighted by Crippen LogP contribution is 2.35. The number of rotatable bonds is 4. The molecule has 4 aromatic rings. The summed E-state index contributed by atoms with van der Waals surface area (Å²) in [7, 11) is 3.48. The van der Waals surface area contributed by atoms with Gasteiger partial charge in [0.2, 0.25) is 5.95 Å². The molecule has 3 N–H and O–H groups in total. The SMILES string of the molecule is Cc1cc(Nc2nc3ncc(Oc4ccnc(N)c4)c(Cl)c3n2C)c(=O)n(C)c1. The van der Waals surface area contributed by atoms with Crippen LogP contribution in [0.2, 0.25) is 5.02 Å². The second-order valence-electron chi connectivity index (χ2n) is 6.59. The summed E-state index contributed by atoms with van der Waals surface area (Å²) in [5, 5.41) is 3.41. The second-order valence-corrected chi connectivity index (χ2v) is 6.97. The lowest BCUT2D eigenvalue weighted by atomic mass is 10.3. The third-order valence-corrected chi connectivity index (χ3v) is 4.72. The van der Waals surface area contributed by atoms with Gasteiger partial charge in [-0.05, 0) is 24.6 Å². The molecule has 0 aromatic carbocycles. The number of nitrogens with zero attached hydrogens (tertiary/aromatic N) is 5. The van der Waals surface area contributed by atoms with E-state index in [0.717, 1.165) is 5.56 Å². The number of ether oxygens (including phenoxy) is 1. The Balaban J connectivity index is 1.74. The molecule has 0 aliphatic carbocycles. The Morgan fingerprint density at radius 3 is 2.79 bits per heavy atom. The molecule has 0 aliphatic rings. The molecular formula is C19H18ClN7O2. The third kappa shape index (κ3) is 3.47. The van der Waals surface area contributed by atoms with Crippen LogP contribution in [0.25, 0.3) is 11.2 Å². The van der Waals surface area contributed by atoms with Gasteiger partial charge >= 0.3 is 0 Å². The minimum Gasteiger partial charge on any atom is -0.454 e. The van der Waals surface area contributed by atoms with E-state index in [1.54, 1.807) is 49.3 Å². The first-order valence-electron chi connectivity index (χ1n) is 8.68. The third-order valence-electron chi connectivity index (χ3n) is 4.35. The number of halogens is 1. The highest BCUT2D eigenvalue weighted by molar-refractivity contribution is 6.36. The molecule has 0 unspecified atom stereocenters. The van der Waals surface area contributed by atoms with Crippen LogP contribution in [0.15, 0.2) is 41.6 Å². The summed E-state index contributed by atoms with van der Waals surface area (Å²) in [6.07, 6.45) is 4.79. The van der Waals surface area contributed by atoms with Crippen molar-refractivity contribution in [1.29, 1.82) is 0 Å². The number of pyridine rings is 3. The van der Waals surface area contributed by atoms with Gasteiger partial charge in [-0.2, -0.15) is 4.98 Å². The second kappa shape index (κ2) is 7.10. The van der Waals surface area contributed by atoms with Crippen LogP contribution in [0.4, 0.5) is 17.5 Å². The molecule has 0 amide bonds. The van der Waals surface area contributed by atoms with Gasteiger partial charge in [-0.3, -0.25) is 4.79 Å². The smallest absolute Gasteiger partial charge is 0.274 e. The lowest BCUT2D eigenvalue weighted by molar-refractivity contribution is 0.481. The fourth-order valence-electron chi connectivity index (χ4n) is 3.00. The van der Waals surface area contributed by atoms with E-state index in [9.17, 15) is 4.79 Å². The molecule has 0 saturated heterocycles. The van der Waals surface area contributed by atoms with E-state index in [2.05, 4.69) is 20.3 Å². The van der Waals surface area contributed by atoms with Crippen molar-refractivity contribution in [2.24, 2.45) is 14.1 Å². The van der Waals surface area contributed by atoms with Gasteiger partial charge in [0.05, 0.1) is 6.20 Å². The van der Waals surface area contributed by atoms with Crippen molar-refractivity contribution in [2.75, 3.05) is 11.1 Å². The zero-order chi connectivity index (χ0) is 20.7. The van der Waals surface area contributed by atoms with Gasteiger partial charge in [0, 0.05) is 32.6 Å². The number of fused-ring (bicyclic) bond motifs is 1. The summed E-state index contributed by atoms with van der Waals surface area (Å²) in [6, 6.07) is 5.02. The van der Waals surface area contributed by atoms with Gasteiger partial charge in [0.1, 0.15) is 27.8 Å². The Labute approximate surface area is 170 Å². The number of nitrogen functional groups attached to an aromatic ring is 1. The summed E-state index contributed by atoms with van der Waals surface area (Å²) in [5.74, 6) is 1.61. The molecule has 4 heterocycles. The zero-order valence-electron chi connectivity index (χ0n) is 16.0. The lowest BCUT2D eigenvalue weighted by Crippen LogP contribution is -2.20. The van der Waals surface area contributed by atoms with Crippen LogP contribution >= 0.6 is 11.6 Å². The highest BCUT2D eigenvalue weighted by Gasteiger charge is 2.18. The molecule has 0 saturated carbocycles. The van der Waals surface area contributed by atoms with E-state index in [1.807, 2.05) is 6.92 Å². The van der Waals surface area contributed by atoms with E-state index in [-0.39, 0.29) is 5.56 Å². The van der Waals surface area contributed by atoms with Gasteiger partial charge in [-0.1, -0.05) is 11.6 Å². The Kier molecular flexibility index (Phi) is 4.59. The lowest BCUT2D eigenvalue weighted by Gasteiger charge is -2.10. The Hall–Kier alpha value is -3.59. The predicted octanol–water partition coefficient (Wildman–Crippen LogP) is 3.14. The maximum atomic E-state index is 12.4. The van der Waals surface area contributed by atoms with Gasteiger partial charge in [0.15, 0.2) is 11.4 Å². The van der Waals surface area contributed by atoms with Crippen molar-refractivity contribution in [2.45, 2.75) is 6.92 Å². The number of aromatic nitrogens is 5. The van der Waals surface area contributed by atoms with E-state index < -0.39 is 0 Å². The van der Waals surface area contributed by atoms with Gasteiger partial charge < -0.3 is 24.9 Å². The molecule has 0 fully saturated rings. The number of nitrogens with one attached hydrogen (secondary N) is 1. The van der Waals surface area contributed by atoms with Crippen LogP contribution in [0, 0.1) is 6.92 Å². The summed E-state index contributed by atoms with van der Waals surface area (Å²) < 4.78 is 9.04. The molecular weight excluding hydrogens is 394 g/mol. The normalized spacial score (nSPS) is 11.0. The number of hydrogen-bond donors (Lipinski definition) is 2. The van der Waals surface area contributed by atoms with E-state index in [0.29, 0.717) is 45.1 Å². The first kappa shape index (κ1) is 18.8. The maximum absolute atomic E-state index is 12.4. The minimum atomic E-state index is -0.166. The van der Waals surface area contributed by atoms with Crippen LogP contribution in [-0.2, 0) is 14.1 Å². The van der Waals surface area contributed by atoms with Crippen LogP contribution in [0.1, 0.15) is 5.56 Å². The van der Waals surface area contributed by atoms with Crippen LogP contribution in [0.5, 0.6) is 11.5 Å². The van der Waals surface area contributed by atoms with Crippen LogP contribution in [-0.4, -0.2) is 24.1 Å². The summed E-state index contributed by atoms with van der Waals surface area (Å²) in [5.41, 5.74) is 7.86. The highest BCUT2D eigenvalue weighted by atomic mass is 35.5. The maximum Gasteiger partial charge on any atom is 0.274 e. The van der Waals surface area contributed by atoms with Crippen molar-refractivity contribution in [3.63, 3.8) is 0 Å². The number of nitrogens with two attached hydrogens (primary N) is 1. The molecule has 0 spiro atoms. The fraction of sp³-hybridized carbons (Fsp3) is 0.158. The van der Waals surface area contributed by atoms with Crippen molar-refractivity contribution in [3.8, 4) is 11.5 Å². The average molecular weight is 412 g/mol. The number of aryl methyl sites for hydroxylation is 3. The quantitative estimate of drug-likeness (QED) is 0.530. The van der Waals surface area contributed by atoms with E-state index in [1.165, 1.54) is 10.8 Å². The number of imidazole rings is 1. The molecule has 9 nitrogen and oxygen atoms in total. The van der Waals surface area contributed by atoms with Crippen molar-refractivity contribution in [3.05, 3.63) is 57.7 Å². The Bertz CT molecular complexity index is 1300. The molecule has 148 valence electrons. The number of hydrogen-bond acceptors (Lipinski definition) is 7. The molecule has 10 heteroatoms. The topological polar surface area (TPSA) is 113 Å². The molecule has 0 radical (unpaired) electrons. The van der Waals surface area contributed by atoms with E-state index >= 15 is 0 Å². The minimum absolute atomic E-state index is 0.166. The predicted molar refractivity (Wildman–Crippen MR) is 112 cm³/mol. The number of anilines is 3. The van der Waals surface area contributed by atoms with Gasteiger partial charge in [-0.15, -0.1) is 0 Å². The summed E-state index contributed by atoms with van der Waals surface area (Å²) in [4.78, 5) is 25.1. The largest absolute Gasteiger partial charge is 0.454 e. The average Bonchev–Trinajstić information content (AvgIpc) is 2.98. The van der Waals surface area contributed by atoms with Gasteiger partial charge in [-0.25, -0.2) is 9.97 Å². The molecule has 0 bridgehead atoms. The Morgan fingerprint density at radius 1 is 1.24 bits per heavy atom. The molecule has 4 aromatic heterocycles. The standard InChI is InChI=1S/C19H18ClN7O2/c1-10-6-12(18(28)26(2)9-10)24-19-25-17-16(27(19)3)15(20)13(8-23-17)29-11-4-5-22-14(21)7-11/h4-9H,1-3H3,(H2,21,22)(H,23,24,25). The monoisotopic (exact) mass is 411 g/mol.